The van der Waals surface area contributed by atoms with E-state index >= 15 is 0 Å². The fourth-order valence-corrected chi connectivity index (χ4v) is 3.30. The number of hydrogen-bond acceptors (Lipinski definition) is 1. The maximum Gasteiger partial charge on any atom is 0.226 e. The summed E-state index contributed by atoms with van der Waals surface area (Å²) in [4.78, 5) is 14.9. The van der Waals surface area contributed by atoms with Gasteiger partial charge >= 0.3 is 0 Å². The summed E-state index contributed by atoms with van der Waals surface area (Å²) in [6.07, 6.45) is 3.00. The van der Waals surface area contributed by atoms with Gasteiger partial charge in [0.15, 0.2) is 0 Å². The minimum Gasteiger partial charge on any atom is -0.348 e. The van der Waals surface area contributed by atoms with Crippen LogP contribution >= 0.6 is 0 Å². The molecule has 1 aromatic heterocycles. The van der Waals surface area contributed by atoms with Gasteiger partial charge in [-0.05, 0) is 36.6 Å². The molecule has 3 rings (SSSR count). The average Bonchev–Trinajstić information content (AvgIpc) is 3.01. The number of fused-ring (bicyclic) bond motifs is 1. The van der Waals surface area contributed by atoms with Crippen molar-refractivity contribution >= 4 is 5.91 Å². The number of aromatic nitrogens is 1. The first kappa shape index (κ1) is 14.9. The maximum atomic E-state index is 12.9. The second-order valence-corrected chi connectivity index (χ2v) is 6.23. The zero-order valence-corrected chi connectivity index (χ0v) is 13.6. The number of carbonyl (C=O) groups excluding carboxylic acids is 1. The number of rotatable bonds is 3. The van der Waals surface area contributed by atoms with Gasteiger partial charge in [0.05, 0.1) is 6.04 Å². The SMILES string of the molecule is CC[C@@H](C)C(=O)N1CCn2cccc2[C@@H]1c1ccccc1C. The Morgan fingerprint density at radius 3 is 2.73 bits per heavy atom. The lowest BCUT2D eigenvalue weighted by molar-refractivity contribution is -0.137. The number of carbonyl (C=O) groups is 1. The molecule has 1 aliphatic heterocycles. The normalized spacial score (nSPS) is 18.9. The highest BCUT2D eigenvalue weighted by Crippen LogP contribution is 2.35. The van der Waals surface area contributed by atoms with Crippen molar-refractivity contribution in [3.8, 4) is 0 Å². The predicted octanol–water partition coefficient (Wildman–Crippen LogP) is 3.77. The molecule has 2 heterocycles. The van der Waals surface area contributed by atoms with E-state index in [1.807, 2.05) is 6.92 Å². The van der Waals surface area contributed by atoms with Crippen LogP contribution in [0.4, 0.5) is 0 Å². The van der Waals surface area contributed by atoms with E-state index in [2.05, 4.69) is 65.9 Å². The van der Waals surface area contributed by atoms with Crippen LogP contribution in [-0.4, -0.2) is 21.9 Å². The molecular weight excluding hydrogens is 272 g/mol. The second-order valence-electron chi connectivity index (χ2n) is 6.23. The molecule has 22 heavy (non-hydrogen) atoms. The van der Waals surface area contributed by atoms with Gasteiger partial charge in [-0.15, -0.1) is 0 Å². The van der Waals surface area contributed by atoms with E-state index in [4.69, 9.17) is 0 Å². The van der Waals surface area contributed by atoms with E-state index < -0.39 is 0 Å². The molecule has 0 saturated heterocycles. The molecule has 0 unspecified atom stereocenters. The first-order valence-corrected chi connectivity index (χ1v) is 8.14. The minimum absolute atomic E-state index is 0.0337. The molecule has 0 saturated carbocycles. The summed E-state index contributed by atoms with van der Waals surface area (Å²) in [5.41, 5.74) is 3.69. The van der Waals surface area contributed by atoms with Gasteiger partial charge in [0.25, 0.3) is 0 Å². The van der Waals surface area contributed by atoms with Gasteiger partial charge < -0.3 is 9.47 Å². The average molecular weight is 296 g/mol. The zero-order valence-electron chi connectivity index (χ0n) is 13.6. The second kappa shape index (κ2) is 5.99. The Kier molecular flexibility index (Phi) is 4.06. The van der Waals surface area contributed by atoms with Crippen molar-refractivity contribution in [1.29, 1.82) is 0 Å². The van der Waals surface area contributed by atoms with E-state index in [1.165, 1.54) is 16.8 Å². The molecule has 0 N–H and O–H groups in total. The summed E-state index contributed by atoms with van der Waals surface area (Å²) in [6.45, 7) is 7.91. The number of aryl methyl sites for hydroxylation is 1. The van der Waals surface area contributed by atoms with Crippen molar-refractivity contribution in [1.82, 2.24) is 9.47 Å². The molecule has 116 valence electrons. The van der Waals surface area contributed by atoms with Crippen LogP contribution < -0.4 is 0 Å². The van der Waals surface area contributed by atoms with E-state index in [1.54, 1.807) is 0 Å². The Balaban J connectivity index is 2.07. The highest BCUT2D eigenvalue weighted by atomic mass is 16.2. The number of hydrogen-bond donors (Lipinski definition) is 0. The van der Waals surface area contributed by atoms with Gasteiger partial charge in [-0.25, -0.2) is 0 Å². The highest BCUT2D eigenvalue weighted by Gasteiger charge is 2.34. The summed E-state index contributed by atoms with van der Waals surface area (Å²) in [6, 6.07) is 12.7. The van der Waals surface area contributed by atoms with Crippen LogP contribution in [0.1, 0.15) is 43.1 Å². The maximum absolute atomic E-state index is 12.9. The van der Waals surface area contributed by atoms with Crippen LogP contribution in [0.15, 0.2) is 42.6 Å². The molecule has 2 atom stereocenters. The lowest BCUT2D eigenvalue weighted by atomic mass is 9.94. The predicted molar refractivity (Wildman–Crippen MR) is 88.6 cm³/mol. The van der Waals surface area contributed by atoms with Crippen molar-refractivity contribution in [2.75, 3.05) is 6.54 Å². The van der Waals surface area contributed by atoms with E-state index in [9.17, 15) is 4.79 Å². The Hall–Kier alpha value is -2.03. The molecule has 3 nitrogen and oxygen atoms in total. The van der Waals surface area contributed by atoms with Gasteiger partial charge in [-0.2, -0.15) is 0 Å². The molecule has 0 radical (unpaired) electrons. The third kappa shape index (κ3) is 2.45. The highest BCUT2D eigenvalue weighted by molar-refractivity contribution is 5.79. The van der Waals surface area contributed by atoms with Crippen molar-refractivity contribution in [3.63, 3.8) is 0 Å². The van der Waals surface area contributed by atoms with Crippen molar-refractivity contribution in [2.45, 2.75) is 39.8 Å². The van der Waals surface area contributed by atoms with Crippen LogP contribution in [0.25, 0.3) is 0 Å². The lowest BCUT2D eigenvalue weighted by Gasteiger charge is -2.39. The van der Waals surface area contributed by atoms with E-state index in [0.717, 1.165) is 19.5 Å². The third-order valence-electron chi connectivity index (χ3n) is 4.84. The fraction of sp³-hybridized carbons (Fsp3) is 0.421. The summed E-state index contributed by atoms with van der Waals surface area (Å²) in [7, 11) is 0. The van der Waals surface area contributed by atoms with Crippen molar-refractivity contribution < 1.29 is 4.79 Å². The van der Waals surface area contributed by atoms with Gasteiger partial charge in [-0.3, -0.25) is 4.79 Å². The molecule has 1 aliphatic rings. The standard InChI is InChI=1S/C19H24N2O/c1-4-14(2)19(22)21-13-12-20-11-7-10-17(20)18(21)16-9-6-5-8-15(16)3/h5-11,14,18H,4,12-13H2,1-3H3/t14-,18+/m1/s1. The smallest absolute Gasteiger partial charge is 0.226 e. The molecule has 1 aromatic carbocycles. The van der Waals surface area contributed by atoms with Gasteiger partial charge in [-0.1, -0.05) is 38.1 Å². The molecule has 1 amide bonds. The fourth-order valence-electron chi connectivity index (χ4n) is 3.30. The summed E-state index contributed by atoms with van der Waals surface area (Å²) in [5.74, 6) is 0.344. The Bertz CT molecular complexity index is 674. The Morgan fingerprint density at radius 1 is 1.23 bits per heavy atom. The first-order chi connectivity index (χ1) is 10.6. The van der Waals surface area contributed by atoms with Gasteiger partial charge in [0, 0.05) is 30.9 Å². The third-order valence-corrected chi connectivity index (χ3v) is 4.84. The van der Waals surface area contributed by atoms with Gasteiger partial charge in [0.2, 0.25) is 5.91 Å². The monoisotopic (exact) mass is 296 g/mol. The molecule has 2 aromatic rings. The molecular formula is C19H24N2O. The quantitative estimate of drug-likeness (QED) is 0.846. The molecule has 3 heteroatoms. The van der Waals surface area contributed by atoms with Crippen LogP contribution in [0.5, 0.6) is 0 Å². The summed E-state index contributed by atoms with van der Waals surface area (Å²) >= 11 is 0. The van der Waals surface area contributed by atoms with Crippen molar-refractivity contribution in [2.24, 2.45) is 5.92 Å². The number of amides is 1. The van der Waals surface area contributed by atoms with Crippen LogP contribution in [-0.2, 0) is 11.3 Å². The minimum atomic E-state index is 0.0337. The summed E-state index contributed by atoms with van der Waals surface area (Å²) in [5, 5.41) is 0. The largest absolute Gasteiger partial charge is 0.348 e. The molecule has 0 spiro atoms. The molecule has 0 fully saturated rings. The van der Waals surface area contributed by atoms with E-state index in [-0.39, 0.29) is 17.9 Å². The number of nitrogens with zero attached hydrogens (tertiary/aromatic N) is 2. The molecule has 0 aliphatic carbocycles. The topological polar surface area (TPSA) is 25.2 Å². The van der Waals surface area contributed by atoms with E-state index in [0.29, 0.717) is 0 Å². The van der Waals surface area contributed by atoms with Crippen LogP contribution in [0.3, 0.4) is 0 Å². The van der Waals surface area contributed by atoms with Crippen LogP contribution in [0, 0.1) is 12.8 Å². The van der Waals surface area contributed by atoms with Crippen LogP contribution in [0.2, 0.25) is 0 Å². The molecule has 0 bridgehead atoms. The zero-order chi connectivity index (χ0) is 15.7. The van der Waals surface area contributed by atoms with Crippen molar-refractivity contribution in [3.05, 3.63) is 59.4 Å². The Morgan fingerprint density at radius 2 is 2.00 bits per heavy atom. The Labute approximate surface area is 132 Å². The lowest BCUT2D eigenvalue weighted by Crippen LogP contribution is -2.44. The number of benzene rings is 1. The summed E-state index contributed by atoms with van der Waals surface area (Å²) < 4.78 is 2.28. The van der Waals surface area contributed by atoms with Gasteiger partial charge in [0.1, 0.15) is 0 Å². The first-order valence-electron chi connectivity index (χ1n) is 8.14.